The van der Waals surface area contributed by atoms with E-state index in [2.05, 4.69) is 27.9 Å². The minimum atomic E-state index is -0.721. The zero-order valence-corrected chi connectivity index (χ0v) is 11.5. The average molecular weight is 277 g/mol. The zero-order valence-electron chi connectivity index (χ0n) is 10.7. The molecule has 1 N–H and O–H groups in total. The average Bonchev–Trinajstić information content (AvgIpc) is 2.76. The highest BCUT2D eigenvalue weighted by Crippen LogP contribution is 2.34. The van der Waals surface area contributed by atoms with Crippen molar-refractivity contribution in [2.75, 3.05) is 18.0 Å². The Balaban J connectivity index is 1.82. The number of aliphatic carboxylic acids is 1. The molecule has 1 aliphatic rings. The lowest BCUT2D eigenvalue weighted by molar-refractivity contribution is -0.138. The minimum absolute atomic E-state index is 0.242. The molecule has 6 heteroatoms. The van der Waals surface area contributed by atoms with Crippen molar-refractivity contribution in [2.24, 2.45) is 5.92 Å². The second-order valence-corrected chi connectivity index (χ2v) is 5.97. The van der Waals surface area contributed by atoms with Gasteiger partial charge in [-0.2, -0.15) is 0 Å². The number of carbonyl (C=O) groups is 1. The highest BCUT2D eigenvalue weighted by molar-refractivity contribution is 7.18. The second-order valence-electron chi connectivity index (χ2n) is 4.85. The van der Waals surface area contributed by atoms with Crippen LogP contribution in [-0.4, -0.2) is 34.1 Å². The van der Waals surface area contributed by atoms with E-state index in [0.717, 1.165) is 35.5 Å². The van der Waals surface area contributed by atoms with E-state index in [-0.39, 0.29) is 12.3 Å². The van der Waals surface area contributed by atoms with E-state index in [1.54, 1.807) is 17.7 Å². The fraction of sp³-hybridized carbons (Fsp3) is 0.462. The molecule has 2 aromatic rings. The van der Waals surface area contributed by atoms with E-state index in [0.29, 0.717) is 0 Å². The first kappa shape index (κ1) is 12.3. The summed E-state index contributed by atoms with van der Waals surface area (Å²) in [5.74, 6) is 0.468. The molecule has 0 amide bonds. The van der Waals surface area contributed by atoms with Gasteiger partial charge in [0.2, 0.25) is 0 Å². The molecular weight excluding hydrogens is 262 g/mol. The smallest absolute Gasteiger partial charge is 0.303 e. The standard InChI is InChI=1S/C13H15N3O2S/c1-2-9-4-10-12(14-7-15-13(10)19-9)16-5-8(6-16)3-11(17)18/h4,7-8H,2-3,5-6H2,1H3,(H,17,18). The van der Waals surface area contributed by atoms with Gasteiger partial charge < -0.3 is 10.0 Å². The van der Waals surface area contributed by atoms with Crippen LogP contribution in [0.1, 0.15) is 18.2 Å². The predicted octanol–water partition coefficient (Wildman–Crippen LogP) is 2.16. The van der Waals surface area contributed by atoms with E-state index in [1.165, 1.54) is 4.88 Å². The molecule has 2 aromatic heterocycles. The van der Waals surface area contributed by atoms with Crippen molar-refractivity contribution in [1.29, 1.82) is 0 Å². The van der Waals surface area contributed by atoms with Crippen LogP contribution in [0.5, 0.6) is 0 Å². The monoisotopic (exact) mass is 277 g/mol. The Morgan fingerprint density at radius 1 is 1.53 bits per heavy atom. The highest BCUT2D eigenvalue weighted by Gasteiger charge is 2.30. The van der Waals surface area contributed by atoms with E-state index < -0.39 is 5.97 Å². The molecule has 1 aliphatic heterocycles. The van der Waals surface area contributed by atoms with Crippen LogP contribution in [0.2, 0.25) is 0 Å². The van der Waals surface area contributed by atoms with E-state index >= 15 is 0 Å². The van der Waals surface area contributed by atoms with Gasteiger partial charge in [-0.15, -0.1) is 11.3 Å². The van der Waals surface area contributed by atoms with Crippen LogP contribution in [0.3, 0.4) is 0 Å². The molecule has 0 spiro atoms. The van der Waals surface area contributed by atoms with E-state index in [4.69, 9.17) is 5.11 Å². The van der Waals surface area contributed by atoms with Gasteiger partial charge in [0.15, 0.2) is 0 Å². The molecule has 19 heavy (non-hydrogen) atoms. The molecular formula is C13H15N3O2S. The molecule has 1 fully saturated rings. The molecule has 0 atom stereocenters. The quantitative estimate of drug-likeness (QED) is 0.927. The molecule has 0 aliphatic carbocycles. The number of aromatic nitrogens is 2. The van der Waals surface area contributed by atoms with Crippen molar-refractivity contribution in [3.8, 4) is 0 Å². The number of nitrogens with zero attached hydrogens (tertiary/aromatic N) is 3. The van der Waals surface area contributed by atoms with E-state index in [1.807, 2.05) is 0 Å². The summed E-state index contributed by atoms with van der Waals surface area (Å²) in [4.78, 5) is 23.8. The molecule has 100 valence electrons. The van der Waals surface area contributed by atoms with Gasteiger partial charge in [0.05, 0.1) is 11.8 Å². The summed E-state index contributed by atoms with van der Waals surface area (Å²) in [6, 6.07) is 2.15. The fourth-order valence-electron chi connectivity index (χ4n) is 2.44. The van der Waals surface area contributed by atoms with Crippen molar-refractivity contribution >= 4 is 33.3 Å². The normalized spacial score (nSPS) is 15.7. The molecule has 3 heterocycles. The molecule has 0 saturated carbocycles. The maximum absolute atomic E-state index is 10.7. The third kappa shape index (κ3) is 2.28. The summed E-state index contributed by atoms with van der Waals surface area (Å²) < 4.78 is 0. The zero-order chi connectivity index (χ0) is 13.4. The van der Waals surface area contributed by atoms with Gasteiger partial charge in [-0.1, -0.05) is 6.92 Å². The summed E-state index contributed by atoms with van der Waals surface area (Å²) in [6.45, 7) is 3.68. The largest absolute Gasteiger partial charge is 0.481 e. The fourth-order valence-corrected chi connectivity index (χ4v) is 3.37. The molecule has 0 radical (unpaired) electrons. The van der Waals surface area contributed by atoms with Crippen molar-refractivity contribution in [2.45, 2.75) is 19.8 Å². The van der Waals surface area contributed by atoms with Crippen molar-refractivity contribution in [3.05, 3.63) is 17.3 Å². The molecule has 0 aromatic carbocycles. The van der Waals surface area contributed by atoms with Crippen molar-refractivity contribution < 1.29 is 9.90 Å². The van der Waals surface area contributed by atoms with Gasteiger partial charge >= 0.3 is 5.97 Å². The number of carboxylic acids is 1. The Hall–Kier alpha value is -1.69. The van der Waals surface area contributed by atoms with Crippen LogP contribution in [-0.2, 0) is 11.2 Å². The topological polar surface area (TPSA) is 66.3 Å². The van der Waals surface area contributed by atoms with Gasteiger partial charge in [0.1, 0.15) is 17.0 Å². The summed E-state index contributed by atoms with van der Waals surface area (Å²) in [6.07, 6.45) is 2.84. The number of thiophene rings is 1. The van der Waals surface area contributed by atoms with Crippen LogP contribution in [0.15, 0.2) is 12.4 Å². The summed E-state index contributed by atoms with van der Waals surface area (Å²) >= 11 is 1.70. The number of carboxylic acid groups (broad SMARTS) is 1. The Bertz CT molecular complexity index is 619. The number of anilines is 1. The van der Waals surface area contributed by atoms with Crippen LogP contribution in [0.25, 0.3) is 10.2 Å². The lowest BCUT2D eigenvalue weighted by Crippen LogP contribution is -2.48. The second kappa shape index (κ2) is 4.77. The van der Waals surface area contributed by atoms with Crippen LogP contribution in [0.4, 0.5) is 5.82 Å². The van der Waals surface area contributed by atoms with Crippen molar-refractivity contribution in [1.82, 2.24) is 9.97 Å². The van der Waals surface area contributed by atoms with Gasteiger partial charge in [-0.25, -0.2) is 9.97 Å². The van der Waals surface area contributed by atoms with Gasteiger partial charge in [-0.3, -0.25) is 4.79 Å². The first-order valence-corrected chi connectivity index (χ1v) is 7.19. The summed E-state index contributed by atoms with van der Waals surface area (Å²) in [7, 11) is 0. The molecule has 5 nitrogen and oxygen atoms in total. The minimum Gasteiger partial charge on any atom is -0.481 e. The lowest BCUT2D eigenvalue weighted by atomic mass is 9.96. The summed E-state index contributed by atoms with van der Waals surface area (Å²) in [5.41, 5.74) is 0. The molecule has 0 unspecified atom stereocenters. The first-order valence-electron chi connectivity index (χ1n) is 6.37. The number of rotatable bonds is 4. The Labute approximate surface area is 114 Å². The van der Waals surface area contributed by atoms with Crippen molar-refractivity contribution in [3.63, 3.8) is 0 Å². The highest BCUT2D eigenvalue weighted by atomic mass is 32.1. The first-order chi connectivity index (χ1) is 9.17. The molecule has 0 bridgehead atoms. The van der Waals surface area contributed by atoms with Crippen LogP contribution >= 0.6 is 11.3 Å². The third-order valence-corrected chi connectivity index (χ3v) is 4.62. The Kier molecular flexibility index (Phi) is 3.10. The lowest BCUT2D eigenvalue weighted by Gasteiger charge is -2.39. The maximum atomic E-state index is 10.7. The maximum Gasteiger partial charge on any atom is 0.303 e. The SMILES string of the molecule is CCc1cc2c(N3CC(CC(=O)O)C3)ncnc2s1. The van der Waals surface area contributed by atoms with Crippen LogP contribution in [0, 0.1) is 5.92 Å². The van der Waals surface area contributed by atoms with Gasteiger partial charge in [0.25, 0.3) is 0 Å². The van der Waals surface area contributed by atoms with Gasteiger partial charge in [0, 0.05) is 23.9 Å². The molecule has 1 saturated heterocycles. The van der Waals surface area contributed by atoms with Gasteiger partial charge in [-0.05, 0) is 12.5 Å². The number of hydrogen-bond donors (Lipinski definition) is 1. The van der Waals surface area contributed by atoms with Crippen LogP contribution < -0.4 is 4.90 Å². The Morgan fingerprint density at radius 2 is 2.32 bits per heavy atom. The number of fused-ring (bicyclic) bond motifs is 1. The number of aryl methyl sites for hydroxylation is 1. The summed E-state index contributed by atoms with van der Waals surface area (Å²) in [5, 5.41) is 9.87. The third-order valence-electron chi connectivity index (χ3n) is 3.43. The Morgan fingerprint density at radius 3 is 3.00 bits per heavy atom. The predicted molar refractivity (Wildman–Crippen MR) is 74.7 cm³/mol. The molecule has 3 rings (SSSR count). The van der Waals surface area contributed by atoms with E-state index in [9.17, 15) is 4.79 Å². The number of hydrogen-bond acceptors (Lipinski definition) is 5.